The lowest BCUT2D eigenvalue weighted by molar-refractivity contribution is -0.165. The Morgan fingerprint density at radius 1 is 1.17 bits per heavy atom. The number of hydrogen-bond donors (Lipinski definition) is 1. The Morgan fingerprint density at radius 2 is 1.81 bits per heavy atom. The number of likely N-dealkylation sites (tertiary alicyclic amines) is 1. The van der Waals surface area contributed by atoms with Crippen molar-refractivity contribution in [2.45, 2.75) is 107 Å². The molecular weight excluding hydrogens is 678 g/mol. The van der Waals surface area contributed by atoms with E-state index < -0.39 is 65.2 Å². The summed E-state index contributed by atoms with van der Waals surface area (Å²) in [6.07, 6.45) is 2.89. The number of esters is 1. The lowest BCUT2D eigenvalue weighted by Gasteiger charge is -2.44. The SMILES string of the molecule is C=CCCC(=O)N(C)[C@H](C)[C@H](OC(=O)[C@H]1[C@@H]2O[C@@]3(CC2Br)[C@@H]1C(=O)N([C@@H](CO)C(C)C)[C@@H]3C(=O)N(CC=C)C(C)(C)C)c1ccccc1. The van der Waals surface area contributed by atoms with Crippen LogP contribution in [0.2, 0.25) is 0 Å². The van der Waals surface area contributed by atoms with E-state index in [9.17, 15) is 24.3 Å². The fourth-order valence-corrected chi connectivity index (χ4v) is 8.63. The topological polar surface area (TPSA) is 117 Å². The van der Waals surface area contributed by atoms with Crippen LogP contribution < -0.4 is 0 Å². The summed E-state index contributed by atoms with van der Waals surface area (Å²) in [5.74, 6) is -3.68. The van der Waals surface area contributed by atoms with E-state index in [0.717, 1.165) is 0 Å². The first-order valence-corrected chi connectivity index (χ1v) is 17.8. The molecule has 11 heteroatoms. The lowest BCUT2D eigenvalue weighted by Crippen LogP contribution is -2.62. The quantitative estimate of drug-likeness (QED) is 0.168. The largest absolute Gasteiger partial charge is 0.455 e. The number of benzene rings is 1. The number of halogens is 1. The summed E-state index contributed by atoms with van der Waals surface area (Å²) in [6, 6.07) is 6.93. The zero-order valence-electron chi connectivity index (χ0n) is 29.3. The zero-order chi connectivity index (χ0) is 35.7. The molecule has 4 rings (SSSR count). The van der Waals surface area contributed by atoms with Gasteiger partial charge in [-0.15, -0.1) is 13.2 Å². The van der Waals surface area contributed by atoms with Crippen LogP contribution in [-0.2, 0) is 28.7 Å². The molecule has 1 aromatic carbocycles. The van der Waals surface area contributed by atoms with Gasteiger partial charge in [-0.1, -0.05) is 72.3 Å². The summed E-state index contributed by atoms with van der Waals surface area (Å²) in [7, 11) is 1.68. The first-order chi connectivity index (χ1) is 22.6. The minimum absolute atomic E-state index is 0.114. The Morgan fingerprint density at radius 3 is 2.35 bits per heavy atom. The number of hydrogen-bond acceptors (Lipinski definition) is 7. The second-order valence-electron chi connectivity index (χ2n) is 14.7. The normalized spacial score (nSPS) is 28.1. The molecule has 3 aliphatic rings. The Bertz CT molecular complexity index is 1380. The van der Waals surface area contributed by atoms with Crippen LogP contribution in [0, 0.1) is 17.8 Å². The van der Waals surface area contributed by atoms with Crippen molar-refractivity contribution < 1.29 is 33.8 Å². The predicted octanol–water partition coefficient (Wildman–Crippen LogP) is 4.66. The summed E-state index contributed by atoms with van der Waals surface area (Å²) in [5, 5.41) is 10.6. The van der Waals surface area contributed by atoms with E-state index >= 15 is 0 Å². The lowest BCUT2D eigenvalue weighted by atomic mass is 9.70. The molecule has 10 nitrogen and oxygen atoms in total. The van der Waals surface area contributed by atoms with Gasteiger partial charge in [0.2, 0.25) is 17.7 Å². The average Bonchev–Trinajstić information content (AvgIpc) is 3.63. The number of nitrogens with zero attached hydrogens (tertiary/aromatic N) is 3. The van der Waals surface area contributed by atoms with Gasteiger partial charge >= 0.3 is 5.97 Å². The summed E-state index contributed by atoms with van der Waals surface area (Å²) in [4.78, 5) is 61.3. The van der Waals surface area contributed by atoms with E-state index in [1.807, 2.05) is 71.9 Å². The molecule has 0 aromatic heterocycles. The van der Waals surface area contributed by atoms with Gasteiger partial charge in [0.15, 0.2) is 0 Å². The number of aliphatic hydroxyl groups is 1. The smallest absolute Gasteiger partial charge is 0.313 e. The predicted molar refractivity (Wildman–Crippen MR) is 187 cm³/mol. The minimum atomic E-state index is -1.32. The van der Waals surface area contributed by atoms with Gasteiger partial charge in [-0.2, -0.15) is 0 Å². The van der Waals surface area contributed by atoms with Gasteiger partial charge in [0, 0.05) is 30.4 Å². The summed E-state index contributed by atoms with van der Waals surface area (Å²) >= 11 is 3.73. The molecule has 2 bridgehead atoms. The molecule has 3 heterocycles. The highest BCUT2D eigenvalue weighted by Crippen LogP contribution is 2.61. The van der Waals surface area contributed by atoms with Crippen molar-refractivity contribution in [3.8, 4) is 0 Å². The molecule has 0 radical (unpaired) electrons. The third kappa shape index (κ3) is 6.74. The number of carbonyl (C=O) groups is 4. The van der Waals surface area contributed by atoms with E-state index in [-0.39, 0.29) is 42.1 Å². The molecule has 3 aliphatic heterocycles. The van der Waals surface area contributed by atoms with E-state index in [1.54, 1.807) is 29.0 Å². The minimum Gasteiger partial charge on any atom is -0.455 e. The van der Waals surface area contributed by atoms with Gasteiger partial charge in [0.1, 0.15) is 17.7 Å². The van der Waals surface area contributed by atoms with Crippen LogP contribution in [-0.4, -0.2) is 104 Å². The monoisotopic (exact) mass is 729 g/mol. The number of carbonyl (C=O) groups excluding carboxylic acids is 4. The van der Waals surface area contributed by atoms with Crippen molar-refractivity contribution in [2.75, 3.05) is 20.2 Å². The third-order valence-corrected chi connectivity index (χ3v) is 11.2. The molecule has 1 unspecified atom stereocenters. The van der Waals surface area contributed by atoms with Gasteiger partial charge in [-0.05, 0) is 52.0 Å². The van der Waals surface area contributed by atoms with E-state index in [0.29, 0.717) is 18.4 Å². The van der Waals surface area contributed by atoms with E-state index in [1.165, 1.54) is 4.90 Å². The molecule has 1 spiro atoms. The summed E-state index contributed by atoms with van der Waals surface area (Å²) in [6.45, 7) is 18.8. The fourth-order valence-electron chi connectivity index (χ4n) is 7.69. The molecule has 0 saturated carbocycles. The van der Waals surface area contributed by atoms with Crippen LogP contribution in [0.25, 0.3) is 0 Å². The number of likely N-dealkylation sites (N-methyl/N-ethyl adjacent to an activating group) is 1. The van der Waals surface area contributed by atoms with Gasteiger partial charge in [-0.25, -0.2) is 0 Å². The summed E-state index contributed by atoms with van der Waals surface area (Å²) < 4.78 is 13.1. The number of alkyl halides is 1. The number of allylic oxidation sites excluding steroid dienone is 1. The molecule has 0 aliphatic carbocycles. The Labute approximate surface area is 293 Å². The number of ether oxygens (including phenoxy) is 2. The second kappa shape index (κ2) is 14.8. The van der Waals surface area contributed by atoms with Crippen molar-refractivity contribution in [1.82, 2.24) is 14.7 Å². The summed E-state index contributed by atoms with van der Waals surface area (Å²) in [5.41, 5.74) is -1.23. The molecule has 3 fully saturated rings. The van der Waals surface area contributed by atoms with Crippen LogP contribution in [0.3, 0.4) is 0 Å². The van der Waals surface area contributed by atoms with E-state index in [2.05, 4.69) is 29.1 Å². The highest BCUT2D eigenvalue weighted by Gasteiger charge is 2.78. The first kappa shape index (κ1) is 37.8. The number of amides is 3. The molecule has 9 atom stereocenters. The second-order valence-corrected chi connectivity index (χ2v) is 15.8. The van der Waals surface area contributed by atoms with Crippen LogP contribution in [0.4, 0.5) is 0 Å². The molecule has 3 amide bonds. The number of fused-ring (bicyclic) bond motifs is 1. The molecule has 3 saturated heterocycles. The van der Waals surface area contributed by atoms with Crippen molar-refractivity contribution in [3.63, 3.8) is 0 Å². The maximum atomic E-state index is 14.7. The van der Waals surface area contributed by atoms with Crippen LogP contribution in [0.1, 0.15) is 72.5 Å². The van der Waals surface area contributed by atoms with Gasteiger partial charge < -0.3 is 29.3 Å². The first-order valence-electron chi connectivity index (χ1n) is 16.9. The average molecular weight is 731 g/mol. The van der Waals surface area contributed by atoms with Crippen molar-refractivity contribution >= 4 is 39.6 Å². The molecular formula is C37H52BrN3O7. The fraction of sp³-hybridized carbons (Fsp3) is 0.622. The highest BCUT2D eigenvalue weighted by atomic mass is 79.9. The standard InChI is InChI=1S/C37H52BrN3O7/c1-10-12-18-27(43)39(9)23(5)30(24-16-14-13-15-17-24)47-35(46)28-29-33(44)41(26(21-42)22(3)4)32(37(29)20-25(38)31(28)48-37)34(45)40(19-11-2)36(6,7)8/h10-11,13-17,22-23,25-26,28-32,42H,1-2,12,18-21H2,3-9H3/t23-,25?,26+,28-,29+,30+,31-,32-,37+/m1/s1. The van der Waals surface area contributed by atoms with Gasteiger partial charge in [0.05, 0.1) is 36.6 Å². The molecule has 48 heavy (non-hydrogen) atoms. The van der Waals surface area contributed by atoms with Crippen molar-refractivity contribution in [3.05, 3.63) is 61.2 Å². The third-order valence-electron chi connectivity index (χ3n) is 10.3. The highest BCUT2D eigenvalue weighted by molar-refractivity contribution is 9.09. The Kier molecular flexibility index (Phi) is 11.7. The van der Waals surface area contributed by atoms with Gasteiger partial charge in [0.25, 0.3) is 0 Å². The Hall–Kier alpha value is -3.02. The maximum absolute atomic E-state index is 14.7. The Balaban J connectivity index is 1.78. The zero-order valence-corrected chi connectivity index (χ0v) is 30.9. The van der Waals surface area contributed by atoms with Crippen molar-refractivity contribution in [1.29, 1.82) is 0 Å². The van der Waals surface area contributed by atoms with Gasteiger partial charge in [-0.3, -0.25) is 19.2 Å². The molecule has 264 valence electrons. The maximum Gasteiger partial charge on any atom is 0.313 e. The van der Waals surface area contributed by atoms with E-state index in [4.69, 9.17) is 9.47 Å². The molecule has 1 aromatic rings. The number of rotatable bonds is 14. The van der Waals surface area contributed by atoms with Crippen molar-refractivity contribution in [2.24, 2.45) is 17.8 Å². The van der Waals surface area contributed by atoms with Crippen LogP contribution in [0.5, 0.6) is 0 Å². The molecule has 1 N–H and O–H groups in total. The number of aliphatic hydroxyl groups excluding tert-OH is 1. The van der Waals surface area contributed by atoms with Crippen LogP contribution >= 0.6 is 15.9 Å². The van der Waals surface area contributed by atoms with Crippen LogP contribution in [0.15, 0.2) is 55.6 Å².